The Balaban J connectivity index is 1.30. The fraction of sp³-hybridized carbons (Fsp3) is 0.455. The van der Waals surface area contributed by atoms with Crippen LogP contribution in [0.2, 0.25) is 0 Å². The van der Waals surface area contributed by atoms with Crippen LogP contribution in [0.25, 0.3) is 10.9 Å². The van der Waals surface area contributed by atoms with Gasteiger partial charge >= 0.3 is 17.9 Å². The van der Waals surface area contributed by atoms with E-state index in [1.165, 1.54) is 24.3 Å². The molecule has 1 fully saturated rings. The van der Waals surface area contributed by atoms with Gasteiger partial charge in [-0.25, -0.2) is 9.78 Å². The van der Waals surface area contributed by atoms with Crippen molar-refractivity contribution in [3.8, 4) is 0 Å². The summed E-state index contributed by atoms with van der Waals surface area (Å²) in [5.74, 6) is -14.8. The van der Waals surface area contributed by atoms with E-state index in [4.69, 9.17) is 16.6 Å². The molecule has 30 heteroatoms. The number of aromatic nitrogens is 3. The molecule has 85 heavy (non-hydrogen) atoms. The van der Waals surface area contributed by atoms with Gasteiger partial charge in [-0.1, -0.05) is 68.8 Å². The van der Waals surface area contributed by atoms with Gasteiger partial charge in [0, 0.05) is 49.1 Å². The van der Waals surface area contributed by atoms with Crippen molar-refractivity contribution in [3.05, 3.63) is 90.1 Å². The zero-order chi connectivity index (χ0) is 62.5. The molecule has 1 saturated heterocycles. The molecule has 2 aromatic heterocycles. The van der Waals surface area contributed by atoms with Crippen LogP contribution in [0, 0.1) is 5.92 Å². The Kier molecular flexibility index (Phi) is 24.6. The molecule has 30 nitrogen and oxygen atoms in total. The lowest BCUT2D eigenvalue weighted by Gasteiger charge is -2.30. The number of rotatable bonds is 33. The highest BCUT2D eigenvalue weighted by molar-refractivity contribution is 6.00. The highest BCUT2D eigenvalue weighted by Crippen LogP contribution is 2.24. The summed E-state index contributed by atoms with van der Waals surface area (Å²) in [6, 6.07) is 2.96. The first kappa shape index (κ1) is 66.1. The first-order chi connectivity index (χ1) is 40.3. The summed E-state index contributed by atoms with van der Waals surface area (Å²) < 4.78 is 0. The Hall–Kier alpha value is -9.74. The van der Waals surface area contributed by atoms with Crippen LogP contribution in [0.3, 0.4) is 0 Å². The minimum atomic E-state index is -2.01. The minimum absolute atomic E-state index is 0.0297. The highest BCUT2D eigenvalue weighted by Gasteiger charge is 2.41. The molecule has 3 heterocycles. The molecular weight excluding hydrogens is 1110 g/mol. The average molecular weight is 1190 g/mol. The molecule has 0 radical (unpaired) electrons. The second-order valence-electron chi connectivity index (χ2n) is 20.5. The summed E-state index contributed by atoms with van der Waals surface area (Å²) in [5.41, 5.74) is 14.0. The lowest BCUT2D eigenvalue weighted by Crippen LogP contribution is -2.60. The number of nitrogens with two attached hydrogens (primary N) is 2. The third-order valence-electron chi connectivity index (χ3n) is 14.1. The number of nitrogens with zero attached hydrogens (tertiary/aromatic N) is 2. The molecule has 2 aromatic carbocycles. The normalized spacial score (nSPS) is 16.0. The summed E-state index contributed by atoms with van der Waals surface area (Å²) in [7, 11) is 0. The van der Waals surface area contributed by atoms with E-state index in [-0.39, 0.29) is 44.3 Å². The number of aliphatic carboxylic acids is 3. The molecule has 0 spiro atoms. The second-order valence-corrected chi connectivity index (χ2v) is 20.5. The van der Waals surface area contributed by atoms with E-state index in [2.05, 4.69) is 57.5 Å². The Morgan fingerprint density at radius 3 is 1.96 bits per heavy atom. The molecule has 458 valence electrons. The van der Waals surface area contributed by atoms with Crippen molar-refractivity contribution in [3.63, 3.8) is 0 Å². The van der Waals surface area contributed by atoms with E-state index in [9.17, 15) is 72.5 Å². The SMILES string of the molecule is CC[C@H](C)[C@H](NC(=O)CNC(=O)[C@H](CC(N)=O)NC(=O)[C@H](CC(=O)O)NC(=O)[C@H](Cc1c[nH]cn1)NC(=O)[C@@H]1CCCN1C(=O)[C@H](Cc1c[nH]c2ccccc12)NC(=O)[C@H](C)NC(=O)[C@@H](N)Cc1ccccc1)C(=O)N[C@@H](CCC(=O)O)C(=O)O. The van der Waals surface area contributed by atoms with E-state index in [1.807, 2.05) is 24.3 Å². The van der Waals surface area contributed by atoms with Crippen LogP contribution in [-0.4, -0.2) is 180 Å². The summed E-state index contributed by atoms with van der Waals surface area (Å²) in [6.07, 6.45) is 1.66. The van der Waals surface area contributed by atoms with Gasteiger partial charge in [0.15, 0.2) is 0 Å². The molecule has 0 unspecified atom stereocenters. The van der Waals surface area contributed by atoms with Gasteiger partial charge in [0.2, 0.25) is 59.1 Å². The van der Waals surface area contributed by atoms with Gasteiger partial charge in [-0.15, -0.1) is 0 Å². The van der Waals surface area contributed by atoms with Crippen molar-refractivity contribution in [2.45, 2.75) is 139 Å². The molecular formula is C55H72N14O16. The van der Waals surface area contributed by atoms with Crippen molar-refractivity contribution in [1.82, 2.24) is 62.4 Å². The summed E-state index contributed by atoms with van der Waals surface area (Å²) >= 11 is 0. The van der Waals surface area contributed by atoms with Gasteiger partial charge in [0.05, 0.1) is 37.4 Å². The predicted octanol–water partition coefficient (Wildman–Crippen LogP) is -2.89. The van der Waals surface area contributed by atoms with Gasteiger partial charge in [0.1, 0.15) is 48.3 Å². The molecule has 5 rings (SSSR count). The molecule has 1 aliphatic rings. The zero-order valence-electron chi connectivity index (χ0n) is 46.9. The summed E-state index contributed by atoms with van der Waals surface area (Å²) in [6.45, 7) is 3.76. The average Bonchev–Trinajstić information content (AvgIpc) is 4.19. The smallest absolute Gasteiger partial charge is 0.326 e. The number of carboxylic acid groups (broad SMARTS) is 3. The maximum atomic E-state index is 14.8. The quantitative estimate of drug-likeness (QED) is 0.0228. The van der Waals surface area contributed by atoms with Crippen molar-refractivity contribution in [1.29, 1.82) is 0 Å². The minimum Gasteiger partial charge on any atom is -0.481 e. The zero-order valence-corrected chi connectivity index (χ0v) is 46.9. The lowest BCUT2D eigenvalue weighted by molar-refractivity contribution is -0.144. The maximum Gasteiger partial charge on any atom is 0.326 e. The Bertz CT molecular complexity index is 3060. The number of carbonyl (C=O) groups is 13. The van der Waals surface area contributed by atoms with Crippen LogP contribution < -0.4 is 54.0 Å². The maximum absolute atomic E-state index is 14.8. The van der Waals surface area contributed by atoms with Crippen molar-refractivity contribution < 1.29 is 77.6 Å². The lowest BCUT2D eigenvalue weighted by atomic mass is 9.97. The number of hydrogen-bond acceptors (Lipinski definition) is 15. The number of aromatic amines is 2. The number of carbonyl (C=O) groups excluding carboxylic acids is 10. The first-order valence-electron chi connectivity index (χ1n) is 27.3. The van der Waals surface area contributed by atoms with E-state index in [1.54, 1.807) is 50.4 Å². The molecule has 17 N–H and O–H groups in total. The van der Waals surface area contributed by atoms with E-state index in [0.717, 1.165) is 16.5 Å². The third kappa shape index (κ3) is 20.0. The van der Waals surface area contributed by atoms with Gasteiger partial charge < -0.3 is 84.2 Å². The molecule has 0 bridgehead atoms. The molecule has 4 aromatic rings. The Labute approximate surface area is 486 Å². The highest BCUT2D eigenvalue weighted by atomic mass is 16.4. The number of primary amides is 1. The van der Waals surface area contributed by atoms with Crippen molar-refractivity contribution in [2.24, 2.45) is 17.4 Å². The van der Waals surface area contributed by atoms with Crippen LogP contribution in [0.15, 0.2) is 73.3 Å². The van der Waals surface area contributed by atoms with Crippen LogP contribution in [-0.2, 0) is 81.6 Å². The number of nitrogens with one attached hydrogen (secondary N) is 10. The number of benzene rings is 2. The number of hydrogen-bond donors (Lipinski definition) is 15. The number of amides is 10. The number of likely N-dealkylation sites (tertiary alicyclic amines) is 1. The largest absolute Gasteiger partial charge is 0.481 e. The number of imidazole rings is 1. The molecule has 1 aliphatic heterocycles. The fourth-order valence-corrected chi connectivity index (χ4v) is 9.30. The molecule has 0 saturated carbocycles. The molecule has 10 atom stereocenters. The van der Waals surface area contributed by atoms with Crippen LogP contribution in [0.5, 0.6) is 0 Å². The Morgan fingerprint density at radius 2 is 1.33 bits per heavy atom. The van der Waals surface area contributed by atoms with Crippen molar-refractivity contribution in [2.75, 3.05) is 13.1 Å². The molecule has 10 amide bonds. The van der Waals surface area contributed by atoms with Crippen LogP contribution in [0.1, 0.15) is 82.5 Å². The van der Waals surface area contributed by atoms with Crippen LogP contribution in [0.4, 0.5) is 0 Å². The number of H-pyrrole nitrogens is 2. The van der Waals surface area contributed by atoms with E-state index < -0.39 is 170 Å². The summed E-state index contributed by atoms with van der Waals surface area (Å²) in [4.78, 5) is 183. The Morgan fingerprint density at radius 1 is 0.682 bits per heavy atom. The van der Waals surface area contributed by atoms with Gasteiger partial charge in [0.25, 0.3) is 0 Å². The van der Waals surface area contributed by atoms with Gasteiger partial charge in [-0.05, 0) is 55.7 Å². The number of fused-ring (bicyclic) bond motifs is 1. The topological polar surface area (TPSA) is 479 Å². The predicted molar refractivity (Wildman–Crippen MR) is 299 cm³/mol. The standard InChI is InChI=1S/C55H72N14O16/c1-4-28(2)46(53(82)63-36(55(84)85)16-17-44(72)73)68-43(71)26-60-49(78)38(22-42(57)70)64-51(80)39(23-45(74)75)65-50(79)37(21-32-25-58-27-61-32)66-52(81)41-15-10-18-69(41)54(83)40(20-31-24-59-35-14-9-8-13-33(31)35)67-47(76)29(3)62-48(77)34(56)19-30-11-6-5-7-12-30/h5-9,11-14,24-25,27-29,34,36-41,46,59H,4,10,15-23,26,56H2,1-3H3,(H2,57,70)(H,58,61)(H,60,78)(H,62,77)(H,63,82)(H,64,80)(H,65,79)(H,66,81)(H,67,76)(H,68,71)(H,72,73)(H,74,75)(H,84,85)/t28-,29-,34-,36-,37-,38-,39-,40-,41-,46-/m0/s1. The number of para-hydroxylation sites is 1. The van der Waals surface area contributed by atoms with E-state index in [0.29, 0.717) is 12.0 Å². The monoisotopic (exact) mass is 1180 g/mol. The second kappa shape index (κ2) is 31.6. The van der Waals surface area contributed by atoms with Crippen LogP contribution >= 0.6 is 0 Å². The number of carboxylic acids is 3. The van der Waals surface area contributed by atoms with Crippen molar-refractivity contribution >= 4 is 87.9 Å². The van der Waals surface area contributed by atoms with E-state index >= 15 is 0 Å². The first-order valence-corrected chi connectivity index (χ1v) is 27.3. The fourth-order valence-electron chi connectivity index (χ4n) is 9.30. The van der Waals surface area contributed by atoms with Gasteiger partial charge in [-0.3, -0.25) is 57.5 Å². The third-order valence-corrected chi connectivity index (χ3v) is 14.1. The molecule has 0 aliphatic carbocycles. The summed E-state index contributed by atoms with van der Waals surface area (Å²) in [5, 5.41) is 48.3. The van der Waals surface area contributed by atoms with Gasteiger partial charge in [-0.2, -0.15) is 0 Å².